The van der Waals surface area contributed by atoms with E-state index in [-0.39, 0.29) is 0 Å². The van der Waals surface area contributed by atoms with Crippen LogP contribution in [0.2, 0.25) is 0 Å². The van der Waals surface area contributed by atoms with Crippen LogP contribution in [0, 0.1) is 0 Å². The van der Waals surface area contributed by atoms with Gasteiger partial charge in [-0.05, 0) is 32.9 Å². The van der Waals surface area contributed by atoms with Crippen LogP contribution in [0.4, 0.5) is 4.79 Å². The molecule has 0 aliphatic carbocycles. The molecule has 0 saturated carbocycles. The summed E-state index contributed by atoms with van der Waals surface area (Å²) in [5.74, 6) is -2.00. The van der Waals surface area contributed by atoms with Crippen molar-refractivity contribution < 1.29 is 29.0 Å². The first-order valence-corrected chi connectivity index (χ1v) is 6.63. The molecule has 2 N–H and O–H groups in total. The van der Waals surface area contributed by atoms with Crippen LogP contribution in [-0.4, -0.2) is 41.4 Å². The number of carbonyl (C=O) groups excluding carboxylic acids is 2. The van der Waals surface area contributed by atoms with E-state index in [1.54, 1.807) is 51.1 Å². The van der Waals surface area contributed by atoms with Crippen molar-refractivity contribution in [1.29, 1.82) is 0 Å². The third kappa shape index (κ3) is 6.25. The number of alkyl carbamates (subject to hydrolysis) is 1. The number of ether oxygens (including phenoxy) is 2. The Bertz CT molecular complexity index is 535. The molecule has 0 aliphatic heterocycles. The monoisotopic (exact) mass is 309 g/mol. The van der Waals surface area contributed by atoms with Crippen molar-refractivity contribution in [2.24, 2.45) is 0 Å². The Morgan fingerprint density at radius 1 is 1.18 bits per heavy atom. The molecule has 120 valence electrons. The van der Waals surface area contributed by atoms with Crippen LogP contribution < -0.4 is 5.32 Å². The smallest absolute Gasteiger partial charge is 0.408 e. The van der Waals surface area contributed by atoms with E-state index < -0.39 is 36.3 Å². The number of esters is 1. The average Bonchev–Trinajstić information content (AvgIpc) is 2.41. The lowest BCUT2D eigenvalue weighted by Crippen LogP contribution is -2.46. The minimum atomic E-state index is -1.39. The largest absolute Gasteiger partial charge is 0.480 e. The highest BCUT2D eigenvalue weighted by Crippen LogP contribution is 2.07. The standard InChI is InChI=1S/C15H19NO6/c1-15(2,3)22-14(20)16-11(12(17)18)9-21-13(19)10-7-5-4-6-8-10/h4-8,11H,9H2,1-3H3,(H,16,20)(H,17,18)/t11-/m1/s1. The molecule has 0 aromatic heterocycles. The molecule has 0 aliphatic rings. The molecule has 0 spiro atoms. The highest BCUT2D eigenvalue weighted by molar-refractivity contribution is 5.89. The number of hydrogen-bond acceptors (Lipinski definition) is 5. The summed E-state index contributed by atoms with van der Waals surface area (Å²) in [4.78, 5) is 34.4. The van der Waals surface area contributed by atoms with Crippen LogP contribution in [0.1, 0.15) is 31.1 Å². The van der Waals surface area contributed by atoms with Gasteiger partial charge in [-0.25, -0.2) is 14.4 Å². The molecule has 1 aromatic rings. The molecule has 1 amide bonds. The van der Waals surface area contributed by atoms with Crippen molar-refractivity contribution >= 4 is 18.0 Å². The van der Waals surface area contributed by atoms with E-state index in [2.05, 4.69) is 5.32 Å². The van der Waals surface area contributed by atoms with E-state index in [1.807, 2.05) is 0 Å². The fraction of sp³-hybridized carbons (Fsp3) is 0.400. The number of amides is 1. The first-order valence-electron chi connectivity index (χ1n) is 6.63. The van der Waals surface area contributed by atoms with Gasteiger partial charge < -0.3 is 19.9 Å². The van der Waals surface area contributed by atoms with Crippen LogP contribution in [0.3, 0.4) is 0 Å². The molecule has 7 heteroatoms. The maximum absolute atomic E-state index is 11.7. The second-order valence-electron chi connectivity index (χ2n) is 5.50. The summed E-state index contributed by atoms with van der Waals surface area (Å²) < 4.78 is 9.85. The number of carbonyl (C=O) groups is 3. The zero-order chi connectivity index (χ0) is 16.8. The molecule has 1 aromatic carbocycles. The predicted molar refractivity (Wildman–Crippen MR) is 77.5 cm³/mol. The first kappa shape index (κ1) is 17.5. The van der Waals surface area contributed by atoms with Crippen LogP contribution in [0.5, 0.6) is 0 Å². The Kier molecular flexibility index (Phi) is 5.91. The third-order valence-corrected chi connectivity index (χ3v) is 2.38. The second kappa shape index (κ2) is 7.44. The lowest BCUT2D eigenvalue weighted by atomic mass is 10.2. The number of carboxylic acid groups (broad SMARTS) is 1. The number of nitrogens with one attached hydrogen (secondary N) is 1. The second-order valence-corrected chi connectivity index (χ2v) is 5.50. The zero-order valence-corrected chi connectivity index (χ0v) is 12.7. The van der Waals surface area contributed by atoms with Gasteiger partial charge in [0.15, 0.2) is 6.04 Å². The van der Waals surface area contributed by atoms with Gasteiger partial charge in [0.25, 0.3) is 0 Å². The Labute approximate surface area is 128 Å². The van der Waals surface area contributed by atoms with Crippen molar-refractivity contribution in [3.8, 4) is 0 Å². The van der Waals surface area contributed by atoms with Gasteiger partial charge in [0.05, 0.1) is 5.56 Å². The normalized spacial score (nSPS) is 12.1. The molecule has 1 atom stereocenters. The van der Waals surface area contributed by atoms with Crippen LogP contribution in [-0.2, 0) is 14.3 Å². The van der Waals surface area contributed by atoms with E-state index in [0.29, 0.717) is 5.56 Å². The lowest BCUT2D eigenvalue weighted by Gasteiger charge is -2.21. The molecule has 0 fully saturated rings. The summed E-state index contributed by atoms with van der Waals surface area (Å²) >= 11 is 0. The van der Waals surface area contributed by atoms with E-state index in [9.17, 15) is 14.4 Å². The Morgan fingerprint density at radius 3 is 2.27 bits per heavy atom. The number of aliphatic carboxylic acids is 1. The van der Waals surface area contributed by atoms with Gasteiger partial charge in [-0.1, -0.05) is 18.2 Å². The molecule has 22 heavy (non-hydrogen) atoms. The molecule has 0 saturated heterocycles. The van der Waals surface area contributed by atoms with E-state index in [1.165, 1.54) is 0 Å². The van der Waals surface area contributed by atoms with E-state index >= 15 is 0 Å². The maximum atomic E-state index is 11.7. The topological polar surface area (TPSA) is 102 Å². The average molecular weight is 309 g/mol. The summed E-state index contributed by atoms with van der Waals surface area (Å²) in [6.07, 6.45) is -0.893. The maximum Gasteiger partial charge on any atom is 0.408 e. The van der Waals surface area contributed by atoms with Crippen LogP contribution in [0.15, 0.2) is 30.3 Å². The fourth-order valence-electron chi connectivity index (χ4n) is 1.44. The van der Waals surface area contributed by atoms with E-state index in [0.717, 1.165) is 0 Å². The first-order chi connectivity index (χ1) is 10.2. The minimum Gasteiger partial charge on any atom is -0.480 e. The third-order valence-electron chi connectivity index (χ3n) is 2.38. The Morgan fingerprint density at radius 2 is 1.77 bits per heavy atom. The quantitative estimate of drug-likeness (QED) is 0.804. The molecular formula is C15H19NO6. The van der Waals surface area contributed by atoms with Crippen LogP contribution in [0.25, 0.3) is 0 Å². The summed E-state index contributed by atoms with van der Waals surface area (Å²) in [5.41, 5.74) is -0.461. The molecule has 0 heterocycles. The van der Waals surface area contributed by atoms with Gasteiger partial charge in [0.1, 0.15) is 12.2 Å². The number of carboxylic acids is 1. The number of hydrogen-bond donors (Lipinski definition) is 2. The van der Waals surface area contributed by atoms with Gasteiger partial charge >= 0.3 is 18.0 Å². The van der Waals surface area contributed by atoms with E-state index in [4.69, 9.17) is 14.6 Å². The fourth-order valence-corrected chi connectivity index (χ4v) is 1.44. The van der Waals surface area contributed by atoms with Crippen molar-refractivity contribution in [2.75, 3.05) is 6.61 Å². The molecule has 7 nitrogen and oxygen atoms in total. The highest BCUT2D eigenvalue weighted by atomic mass is 16.6. The van der Waals surface area contributed by atoms with Gasteiger partial charge in [0, 0.05) is 0 Å². The SMILES string of the molecule is CC(C)(C)OC(=O)N[C@H](COC(=O)c1ccccc1)C(=O)O. The zero-order valence-electron chi connectivity index (χ0n) is 12.7. The molecule has 0 bridgehead atoms. The molecular weight excluding hydrogens is 290 g/mol. The van der Waals surface area contributed by atoms with Gasteiger partial charge in [0.2, 0.25) is 0 Å². The number of benzene rings is 1. The van der Waals surface area contributed by atoms with Gasteiger partial charge in [-0.15, -0.1) is 0 Å². The van der Waals surface area contributed by atoms with Crippen molar-refractivity contribution in [3.63, 3.8) is 0 Å². The van der Waals surface area contributed by atoms with Gasteiger partial charge in [-0.2, -0.15) is 0 Å². The highest BCUT2D eigenvalue weighted by Gasteiger charge is 2.25. The Hall–Kier alpha value is -2.57. The van der Waals surface area contributed by atoms with Crippen LogP contribution >= 0.6 is 0 Å². The molecule has 0 unspecified atom stereocenters. The van der Waals surface area contributed by atoms with Crippen molar-refractivity contribution in [1.82, 2.24) is 5.32 Å². The molecule has 0 radical (unpaired) electrons. The van der Waals surface area contributed by atoms with Gasteiger partial charge in [-0.3, -0.25) is 0 Å². The lowest BCUT2D eigenvalue weighted by molar-refractivity contribution is -0.140. The molecule has 1 rings (SSSR count). The number of rotatable bonds is 5. The summed E-state index contributed by atoms with van der Waals surface area (Å²) in [6, 6.07) is 6.75. The van der Waals surface area contributed by atoms with Crippen molar-refractivity contribution in [2.45, 2.75) is 32.4 Å². The Balaban J connectivity index is 2.57. The summed E-state index contributed by atoms with van der Waals surface area (Å²) in [7, 11) is 0. The summed E-state index contributed by atoms with van der Waals surface area (Å²) in [6.45, 7) is 4.45. The summed E-state index contributed by atoms with van der Waals surface area (Å²) in [5, 5.41) is 11.2. The minimum absolute atomic E-state index is 0.295. The predicted octanol–water partition coefficient (Wildman–Crippen LogP) is 1.82. The van der Waals surface area contributed by atoms with Crippen molar-refractivity contribution in [3.05, 3.63) is 35.9 Å².